The highest BCUT2D eigenvalue weighted by atomic mass is 19.3. The van der Waals surface area contributed by atoms with Crippen LogP contribution in [0.4, 0.5) is 8.78 Å². The van der Waals surface area contributed by atoms with E-state index in [2.05, 4.69) is 9.73 Å². The molecule has 0 saturated heterocycles. The second-order valence-electron chi connectivity index (χ2n) is 7.11. The first-order valence-corrected chi connectivity index (χ1v) is 9.83. The van der Waals surface area contributed by atoms with E-state index in [1.807, 2.05) is 30.4 Å². The fourth-order valence-corrected chi connectivity index (χ4v) is 3.49. The Balaban J connectivity index is 2.00. The average molecular weight is 429 g/mol. The van der Waals surface area contributed by atoms with Crippen molar-refractivity contribution >= 4 is 17.9 Å². The van der Waals surface area contributed by atoms with Crippen molar-refractivity contribution in [3.8, 4) is 5.75 Å². The van der Waals surface area contributed by atoms with Crippen LogP contribution in [0, 0.1) is 0 Å². The van der Waals surface area contributed by atoms with Crippen LogP contribution in [0.2, 0.25) is 0 Å². The van der Waals surface area contributed by atoms with Gasteiger partial charge >= 0.3 is 6.61 Å². The van der Waals surface area contributed by atoms with Gasteiger partial charge in [0.2, 0.25) is 0 Å². The summed E-state index contributed by atoms with van der Waals surface area (Å²) in [5.41, 5.74) is 6.63. The molecule has 0 bridgehead atoms. The van der Waals surface area contributed by atoms with Crippen molar-refractivity contribution in [1.82, 2.24) is 4.90 Å². The molecule has 0 aliphatic carbocycles. The maximum atomic E-state index is 13.3. The quantitative estimate of drug-likeness (QED) is 0.616. The van der Waals surface area contributed by atoms with Gasteiger partial charge in [-0.15, -0.1) is 0 Å². The molecule has 1 amide bonds. The van der Waals surface area contributed by atoms with E-state index in [0.717, 1.165) is 18.4 Å². The number of amides is 1. The number of aliphatic imine (C=N–C) groups is 1. The van der Waals surface area contributed by atoms with E-state index in [1.165, 1.54) is 17.0 Å². The summed E-state index contributed by atoms with van der Waals surface area (Å²) in [5, 5.41) is 0. The van der Waals surface area contributed by atoms with Gasteiger partial charge in [0.15, 0.2) is 11.5 Å². The van der Waals surface area contributed by atoms with Crippen molar-refractivity contribution in [2.24, 2.45) is 10.7 Å². The number of rotatable bonds is 9. The second kappa shape index (κ2) is 9.70. The molecule has 0 saturated carbocycles. The van der Waals surface area contributed by atoms with Crippen LogP contribution in [0.25, 0.3) is 6.08 Å². The number of carbonyl (C=O) groups excluding carboxylic acids is 1. The van der Waals surface area contributed by atoms with Crippen LogP contribution < -0.4 is 10.5 Å². The molecule has 2 N–H and O–H groups in total. The number of ether oxygens (including phenoxy) is 2. The van der Waals surface area contributed by atoms with Gasteiger partial charge in [0, 0.05) is 20.8 Å². The Morgan fingerprint density at radius 1 is 1.19 bits per heavy atom. The molecule has 6 nitrogen and oxygen atoms in total. The maximum Gasteiger partial charge on any atom is 0.387 e. The van der Waals surface area contributed by atoms with Crippen LogP contribution in [0.5, 0.6) is 5.75 Å². The zero-order valence-corrected chi connectivity index (χ0v) is 17.4. The number of hydrogen-bond donors (Lipinski definition) is 1. The van der Waals surface area contributed by atoms with Crippen molar-refractivity contribution in [1.29, 1.82) is 0 Å². The van der Waals surface area contributed by atoms with Crippen molar-refractivity contribution in [2.45, 2.75) is 25.0 Å². The third-order valence-electron chi connectivity index (χ3n) is 5.07. The first-order chi connectivity index (χ1) is 14.9. The number of alkyl halides is 2. The van der Waals surface area contributed by atoms with Gasteiger partial charge in [-0.3, -0.25) is 9.69 Å². The summed E-state index contributed by atoms with van der Waals surface area (Å²) in [6, 6.07) is 13.3. The molecule has 0 fully saturated rings. The van der Waals surface area contributed by atoms with E-state index in [4.69, 9.17) is 10.5 Å². The summed E-state index contributed by atoms with van der Waals surface area (Å²) in [5.74, 6) is -0.246. The van der Waals surface area contributed by atoms with Crippen molar-refractivity contribution in [3.05, 3.63) is 71.3 Å². The SMILES string of the molecule is COCCC/C=C/c1cccc(C2(c3ccc(OC(F)F)cc3)N=C(N)N(C)C2=O)c1. The average Bonchev–Trinajstić information content (AvgIpc) is 2.99. The minimum atomic E-state index is -2.93. The number of likely N-dealkylation sites (N-methyl/N-ethyl adjacent to an activating group) is 1. The number of halogens is 2. The number of nitrogens with zero attached hydrogens (tertiary/aromatic N) is 2. The van der Waals surface area contributed by atoms with Crippen molar-refractivity contribution in [2.75, 3.05) is 20.8 Å². The molecule has 1 heterocycles. The van der Waals surface area contributed by atoms with E-state index in [-0.39, 0.29) is 17.6 Å². The standard InChI is InChI=1S/C23H25F2N3O3/c1-28-20(29)23(27-22(28)26,17-10-12-19(13-11-17)31-21(24)25)18-9-6-8-16(15-18)7-4-3-5-14-30-2/h4,6-13,15,21H,3,5,14H2,1-2H3,(H2,26,27)/b7-4+. The lowest BCUT2D eigenvalue weighted by molar-refractivity contribution is -0.129. The molecular formula is C23H25F2N3O3. The maximum absolute atomic E-state index is 13.3. The topological polar surface area (TPSA) is 77.2 Å². The molecule has 1 atom stereocenters. The fourth-order valence-electron chi connectivity index (χ4n) is 3.49. The third-order valence-corrected chi connectivity index (χ3v) is 5.07. The van der Waals surface area contributed by atoms with Gasteiger partial charge in [-0.25, -0.2) is 4.99 Å². The summed E-state index contributed by atoms with van der Waals surface area (Å²) in [7, 11) is 3.22. The van der Waals surface area contributed by atoms with Gasteiger partial charge in [0.1, 0.15) is 5.75 Å². The summed E-state index contributed by atoms with van der Waals surface area (Å²) in [6.07, 6.45) is 5.79. The van der Waals surface area contributed by atoms with Gasteiger partial charge < -0.3 is 15.2 Å². The molecule has 31 heavy (non-hydrogen) atoms. The van der Waals surface area contributed by atoms with Crippen molar-refractivity contribution in [3.63, 3.8) is 0 Å². The summed E-state index contributed by atoms with van der Waals surface area (Å²) >= 11 is 0. The van der Waals surface area contributed by atoms with E-state index in [0.29, 0.717) is 17.7 Å². The molecular weight excluding hydrogens is 404 g/mol. The Hall–Kier alpha value is -3.26. The lowest BCUT2D eigenvalue weighted by Crippen LogP contribution is -2.41. The molecule has 1 aliphatic heterocycles. The monoisotopic (exact) mass is 429 g/mol. The molecule has 164 valence electrons. The van der Waals surface area contributed by atoms with Crippen LogP contribution >= 0.6 is 0 Å². The number of nitrogens with two attached hydrogens (primary N) is 1. The number of carbonyl (C=O) groups is 1. The van der Waals surface area contributed by atoms with Crippen molar-refractivity contribution < 1.29 is 23.0 Å². The Bertz CT molecular complexity index is 976. The molecule has 3 rings (SSSR count). The number of unbranched alkanes of at least 4 members (excludes halogenated alkanes) is 1. The van der Waals surface area contributed by atoms with E-state index >= 15 is 0 Å². The molecule has 1 unspecified atom stereocenters. The van der Waals surface area contributed by atoms with Crippen LogP contribution in [-0.2, 0) is 15.1 Å². The number of methoxy groups -OCH3 is 1. The largest absolute Gasteiger partial charge is 0.435 e. The zero-order chi connectivity index (χ0) is 22.4. The molecule has 2 aromatic carbocycles. The van der Waals surface area contributed by atoms with Gasteiger partial charge in [0.05, 0.1) is 0 Å². The minimum Gasteiger partial charge on any atom is -0.435 e. The molecule has 0 radical (unpaired) electrons. The van der Waals surface area contributed by atoms with Crippen LogP contribution in [-0.4, -0.2) is 44.1 Å². The highest BCUT2D eigenvalue weighted by Gasteiger charge is 2.49. The van der Waals surface area contributed by atoms with Gasteiger partial charge in [-0.1, -0.05) is 42.5 Å². The van der Waals surface area contributed by atoms with E-state index in [1.54, 1.807) is 32.4 Å². The minimum absolute atomic E-state index is 0.00241. The third kappa shape index (κ3) is 4.74. The number of allylic oxidation sites excluding steroid dienone is 1. The van der Waals surface area contributed by atoms with Crippen LogP contribution in [0.3, 0.4) is 0 Å². The molecule has 0 aromatic heterocycles. The Kier molecular flexibility index (Phi) is 7.02. The Labute approximate surface area is 180 Å². The Morgan fingerprint density at radius 3 is 2.55 bits per heavy atom. The fraction of sp³-hybridized carbons (Fsp3) is 0.304. The van der Waals surface area contributed by atoms with Gasteiger partial charge in [-0.05, 0) is 47.7 Å². The van der Waals surface area contributed by atoms with Gasteiger partial charge in [0.25, 0.3) is 5.91 Å². The normalized spacial score (nSPS) is 18.8. The number of benzene rings is 2. The highest BCUT2D eigenvalue weighted by molar-refractivity contribution is 6.09. The Morgan fingerprint density at radius 2 is 1.94 bits per heavy atom. The summed E-state index contributed by atoms with van der Waals surface area (Å²) in [6.45, 7) is -2.24. The first kappa shape index (κ1) is 22.4. The zero-order valence-electron chi connectivity index (χ0n) is 17.4. The second-order valence-corrected chi connectivity index (χ2v) is 7.11. The van der Waals surface area contributed by atoms with Gasteiger partial charge in [-0.2, -0.15) is 8.78 Å². The molecule has 0 spiro atoms. The van der Waals surface area contributed by atoms with Crippen LogP contribution in [0.1, 0.15) is 29.5 Å². The first-order valence-electron chi connectivity index (χ1n) is 9.83. The number of hydrogen-bond acceptors (Lipinski definition) is 5. The highest BCUT2D eigenvalue weighted by Crippen LogP contribution is 2.40. The van der Waals surface area contributed by atoms with E-state index < -0.39 is 12.2 Å². The summed E-state index contributed by atoms with van der Waals surface area (Å²) < 4.78 is 34.5. The lowest BCUT2D eigenvalue weighted by Gasteiger charge is -2.26. The predicted molar refractivity (Wildman–Crippen MR) is 115 cm³/mol. The van der Waals surface area contributed by atoms with Crippen LogP contribution in [0.15, 0.2) is 59.6 Å². The predicted octanol–water partition coefficient (Wildman–Crippen LogP) is 3.76. The lowest BCUT2D eigenvalue weighted by atomic mass is 9.82. The number of guanidine groups is 1. The summed E-state index contributed by atoms with van der Waals surface area (Å²) in [4.78, 5) is 19.1. The molecule has 8 heteroatoms. The molecule has 1 aliphatic rings. The van der Waals surface area contributed by atoms with E-state index in [9.17, 15) is 13.6 Å². The smallest absolute Gasteiger partial charge is 0.387 e. The molecule has 2 aromatic rings.